The zero-order valence-electron chi connectivity index (χ0n) is 13.4. The molecule has 0 saturated carbocycles. The highest BCUT2D eigenvalue weighted by molar-refractivity contribution is 6.62. The van der Waals surface area contributed by atoms with Crippen LogP contribution in [0.4, 0.5) is 0 Å². The monoisotopic (exact) mass is 276 g/mol. The van der Waals surface area contributed by atoms with E-state index in [0.717, 1.165) is 11.0 Å². The van der Waals surface area contributed by atoms with Crippen LogP contribution in [0.25, 0.3) is 0 Å². The minimum Gasteiger partial charge on any atom is -0.399 e. The molecule has 1 aromatic rings. The molecule has 0 aliphatic carbocycles. The van der Waals surface area contributed by atoms with E-state index in [1.54, 1.807) is 0 Å². The van der Waals surface area contributed by atoms with Gasteiger partial charge in [-0.15, -0.1) is 0 Å². The molecule has 1 fully saturated rings. The molecule has 0 spiro atoms. The molecule has 0 aromatic heterocycles. The van der Waals surface area contributed by atoms with E-state index in [-0.39, 0.29) is 30.3 Å². The van der Waals surface area contributed by atoms with Gasteiger partial charge in [-0.2, -0.15) is 0 Å². The van der Waals surface area contributed by atoms with Crippen molar-refractivity contribution in [1.82, 2.24) is 0 Å². The van der Waals surface area contributed by atoms with E-state index in [9.17, 15) is 5.11 Å². The lowest BCUT2D eigenvalue weighted by atomic mass is 9.75. The maximum Gasteiger partial charge on any atom is 0.494 e. The summed E-state index contributed by atoms with van der Waals surface area (Å²) in [4.78, 5) is 0. The fourth-order valence-corrected chi connectivity index (χ4v) is 2.18. The molecule has 4 heteroatoms. The van der Waals surface area contributed by atoms with E-state index in [4.69, 9.17) is 9.31 Å². The second kappa shape index (κ2) is 4.87. The topological polar surface area (TPSA) is 38.7 Å². The van der Waals surface area contributed by atoms with Gasteiger partial charge >= 0.3 is 7.12 Å². The highest BCUT2D eigenvalue weighted by Gasteiger charge is 2.51. The van der Waals surface area contributed by atoms with Crippen molar-refractivity contribution in [2.45, 2.75) is 58.2 Å². The summed E-state index contributed by atoms with van der Waals surface area (Å²) in [5.74, 6) is 0. The zero-order valence-corrected chi connectivity index (χ0v) is 13.4. The lowest BCUT2D eigenvalue weighted by Gasteiger charge is -2.32. The van der Waals surface area contributed by atoms with Crippen molar-refractivity contribution >= 4 is 12.6 Å². The van der Waals surface area contributed by atoms with E-state index < -0.39 is 0 Å². The van der Waals surface area contributed by atoms with Crippen LogP contribution in [-0.4, -0.2) is 30.0 Å². The van der Waals surface area contributed by atoms with Crippen LogP contribution in [0.2, 0.25) is 0 Å². The molecule has 3 nitrogen and oxygen atoms in total. The summed E-state index contributed by atoms with van der Waals surface area (Å²) in [6, 6.07) is 8.11. The fourth-order valence-electron chi connectivity index (χ4n) is 2.18. The molecule has 20 heavy (non-hydrogen) atoms. The summed E-state index contributed by atoms with van der Waals surface area (Å²) in [6.45, 7) is 12.4. The number of benzene rings is 1. The van der Waals surface area contributed by atoms with Crippen LogP contribution in [0.3, 0.4) is 0 Å². The van der Waals surface area contributed by atoms with E-state index >= 15 is 0 Å². The minimum absolute atomic E-state index is 0.111. The van der Waals surface area contributed by atoms with Crippen LogP contribution in [0.15, 0.2) is 24.3 Å². The first kappa shape index (κ1) is 15.6. The van der Waals surface area contributed by atoms with Crippen LogP contribution < -0.4 is 5.46 Å². The van der Waals surface area contributed by atoms with E-state index in [2.05, 4.69) is 33.8 Å². The van der Waals surface area contributed by atoms with Gasteiger partial charge < -0.3 is 14.4 Å². The summed E-state index contributed by atoms with van der Waals surface area (Å²) in [7, 11) is -0.352. The third-order valence-electron chi connectivity index (χ3n) is 4.59. The Morgan fingerprint density at radius 1 is 1.10 bits per heavy atom. The van der Waals surface area contributed by atoms with Gasteiger partial charge in [0.05, 0.1) is 17.8 Å². The molecular weight excluding hydrogens is 251 g/mol. The number of hydrogen-bond acceptors (Lipinski definition) is 3. The van der Waals surface area contributed by atoms with Gasteiger partial charge in [0.15, 0.2) is 0 Å². The summed E-state index contributed by atoms with van der Waals surface area (Å²) in [5, 5.41) is 9.51. The number of aliphatic hydroxyl groups excluding tert-OH is 1. The first-order valence-corrected chi connectivity index (χ1v) is 7.16. The molecular formula is C16H25BO3. The predicted molar refractivity (Wildman–Crippen MR) is 82.3 cm³/mol. The van der Waals surface area contributed by atoms with E-state index in [0.29, 0.717) is 0 Å². The number of aliphatic hydroxyl groups is 1. The smallest absolute Gasteiger partial charge is 0.399 e. The van der Waals surface area contributed by atoms with Crippen molar-refractivity contribution in [3.8, 4) is 0 Å². The Morgan fingerprint density at radius 2 is 1.65 bits per heavy atom. The van der Waals surface area contributed by atoms with Gasteiger partial charge in [-0.1, -0.05) is 38.1 Å². The first-order chi connectivity index (χ1) is 9.09. The molecule has 2 rings (SSSR count). The molecule has 0 atom stereocenters. The Hall–Kier alpha value is -0.835. The minimum atomic E-state index is -0.352. The first-order valence-electron chi connectivity index (χ1n) is 7.16. The predicted octanol–water partition coefficient (Wildman–Crippen LogP) is 2.26. The largest absolute Gasteiger partial charge is 0.494 e. The quantitative estimate of drug-likeness (QED) is 0.861. The van der Waals surface area contributed by atoms with Gasteiger partial charge in [-0.3, -0.25) is 0 Å². The van der Waals surface area contributed by atoms with Crippen LogP contribution in [0.1, 0.15) is 47.1 Å². The van der Waals surface area contributed by atoms with Crippen molar-refractivity contribution in [2.75, 3.05) is 6.61 Å². The van der Waals surface area contributed by atoms with Crippen LogP contribution in [0, 0.1) is 0 Å². The highest BCUT2D eigenvalue weighted by atomic mass is 16.7. The van der Waals surface area contributed by atoms with Crippen molar-refractivity contribution in [3.63, 3.8) is 0 Å². The second-order valence-electron chi connectivity index (χ2n) is 7.26. The third kappa shape index (κ3) is 2.65. The normalized spacial score (nSPS) is 21.2. The van der Waals surface area contributed by atoms with E-state index in [1.165, 1.54) is 0 Å². The average molecular weight is 276 g/mol. The van der Waals surface area contributed by atoms with Gasteiger partial charge in [-0.05, 0) is 38.7 Å². The van der Waals surface area contributed by atoms with Crippen LogP contribution >= 0.6 is 0 Å². The van der Waals surface area contributed by atoms with Crippen molar-refractivity contribution in [2.24, 2.45) is 0 Å². The average Bonchev–Trinajstić information content (AvgIpc) is 2.59. The highest BCUT2D eigenvalue weighted by Crippen LogP contribution is 2.36. The number of rotatable bonds is 3. The summed E-state index contributed by atoms with van der Waals surface area (Å²) in [5.41, 5.74) is 1.16. The Bertz CT molecular complexity index is 478. The lowest BCUT2D eigenvalue weighted by Crippen LogP contribution is -2.41. The number of hydrogen-bond donors (Lipinski definition) is 1. The lowest BCUT2D eigenvalue weighted by molar-refractivity contribution is 0.00578. The molecule has 1 saturated heterocycles. The van der Waals surface area contributed by atoms with Gasteiger partial charge in [0.1, 0.15) is 0 Å². The molecule has 1 N–H and O–H groups in total. The van der Waals surface area contributed by atoms with Crippen LogP contribution in [0.5, 0.6) is 0 Å². The zero-order chi connectivity index (χ0) is 15.2. The molecule has 1 aliphatic heterocycles. The molecule has 0 unspecified atom stereocenters. The van der Waals surface area contributed by atoms with E-state index in [1.807, 2.05) is 32.0 Å². The Balaban J connectivity index is 2.30. The maximum absolute atomic E-state index is 9.51. The summed E-state index contributed by atoms with van der Waals surface area (Å²) in [6.07, 6.45) is 0. The molecule has 1 aliphatic rings. The summed E-state index contributed by atoms with van der Waals surface area (Å²) < 4.78 is 12.1. The van der Waals surface area contributed by atoms with Gasteiger partial charge in [0, 0.05) is 5.41 Å². The molecule has 110 valence electrons. The van der Waals surface area contributed by atoms with Gasteiger partial charge in [0.25, 0.3) is 0 Å². The molecule has 1 heterocycles. The second-order valence-corrected chi connectivity index (χ2v) is 7.26. The van der Waals surface area contributed by atoms with Gasteiger partial charge in [-0.25, -0.2) is 0 Å². The van der Waals surface area contributed by atoms with Crippen LogP contribution in [-0.2, 0) is 14.7 Å². The fraction of sp³-hybridized carbons (Fsp3) is 0.625. The molecule has 0 amide bonds. The van der Waals surface area contributed by atoms with Crippen molar-refractivity contribution in [1.29, 1.82) is 0 Å². The Labute approximate surface area is 122 Å². The SMILES string of the molecule is CC(C)(CO)c1cccc(B2OC(C)(C)C(C)(C)O2)c1. The maximum atomic E-state index is 9.51. The Kier molecular flexibility index (Phi) is 3.78. The standard InChI is InChI=1S/C16H25BO3/c1-14(2,11-18)12-8-7-9-13(10-12)17-19-15(3,4)16(5,6)20-17/h7-10,18H,11H2,1-6H3. The third-order valence-corrected chi connectivity index (χ3v) is 4.59. The summed E-state index contributed by atoms with van der Waals surface area (Å²) >= 11 is 0. The molecule has 1 aromatic carbocycles. The van der Waals surface area contributed by atoms with Crippen molar-refractivity contribution in [3.05, 3.63) is 29.8 Å². The molecule has 0 radical (unpaired) electrons. The van der Waals surface area contributed by atoms with Gasteiger partial charge in [0.2, 0.25) is 0 Å². The van der Waals surface area contributed by atoms with Crippen molar-refractivity contribution < 1.29 is 14.4 Å². The molecule has 0 bridgehead atoms. The Morgan fingerprint density at radius 3 is 2.15 bits per heavy atom.